The molecule has 1 N–H and O–H groups in total. The van der Waals surface area contributed by atoms with Crippen LogP contribution < -0.4 is 5.32 Å². The molecule has 1 heterocycles. The van der Waals surface area contributed by atoms with Crippen molar-refractivity contribution >= 4 is 17.5 Å². The minimum absolute atomic E-state index is 0.0866. The highest BCUT2D eigenvalue weighted by Crippen LogP contribution is 2.14. The predicted molar refractivity (Wildman–Crippen MR) is 93.6 cm³/mol. The number of aryl methyl sites for hydroxylation is 1. The fraction of sp³-hybridized carbons (Fsp3) is 0.278. The Balaban J connectivity index is 2.14. The molecule has 2 aromatic rings. The van der Waals surface area contributed by atoms with Crippen LogP contribution >= 0.6 is 0 Å². The maximum atomic E-state index is 12.7. The van der Waals surface area contributed by atoms with Crippen molar-refractivity contribution in [3.63, 3.8) is 0 Å². The number of rotatable bonds is 7. The molecule has 0 radical (unpaired) electrons. The second kappa shape index (κ2) is 8.10. The topological polar surface area (TPSA) is 67.2 Å². The number of nitrogens with zero attached hydrogens (tertiary/aromatic N) is 3. The van der Waals surface area contributed by atoms with Crippen molar-refractivity contribution in [3.05, 3.63) is 60.4 Å². The van der Waals surface area contributed by atoms with E-state index in [4.69, 9.17) is 0 Å². The van der Waals surface area contributed by atoms with Gasteiger partial charge in [0.05, 0.1) is 6.20 Å². The van der Waals surface area contributed by atoms with Gasteiger partial charge in [0, 0.05) is 42.6 Å². The maximum absolute atomic E-state index is 12.7. The van der Waals surface area contributed by atoms with E-state index in [1.807, 2.05) is 24.7 Å². The van der Waals surface area contributed by atoms with Crippen LogP contribution in [0, 0.1) is 0 Å². The minimum atomic E-state index is -0.307. The number of amides is 2. The van der Waals surface area contributed by atoms with Gasteiger partial charge in [-0.25, -0.2) is 0 Å². The molecular weight excluding hydrogens is 304 g/mol. The van der Waals surface area contributed by atoms with Crippen molar-refractivity contribution in [2.45, 2.75) is 26.9 Å². The third-order valence-electron chi connectivity index (χ3n) is 3.62. The van der Waals surface area contributed by atoms with Crippen LogP contribution in [0.1, 0.15) is 29.8 Å². The summed E-state index contributed by atoms with van der Waals surface area (Å²) in [4.78, 5) is 25.9. The minimum Gasteiger partial charge on any atom is -0.334 e. The molecule has 6 heteroatoms. The van der Waals surface area contributed by atoms with Crippen LogP contribution in [0.4, 0.5) is 5.69 Å². The summed E-state index contributed by atoms with van der Waals surface area (Å²) in [6.07, 6.45) is 4.91. The molecule has 0 bridgehead atoms. The van der Waals surface area contributed by atoms with E-state index in [1.54, 1.807) is 35.4 Å². The smallest absolute Gasteiger partial charge is 0.254 e. The first-order valence-corrected chi connectivity index (χ1v) is 7.91. The van der Waals surface area contributed by atoms with E-state index < -0.39 is 0 Å². The molecule has 0 spiro atoms. The van der Waals surface area contributed by atoms with E-state index in [0.717, 1.165) is 12.1 Å². The van der Waals surface area contributed by atoms with Gasteiger partial charge in [0.25, 0.3) is 5.91 Å². The van der Waals surface area contributed by atoms with Crippen LogP contribution in [-0.2, 0) is 17.9 Å². The summed E-state index contributed by atoms with van der Waals surface area (Å²) in [5.41, 5.74) is 2.09. The molecule has 2 amide bonds. The average Bonchev–Trinajstić information content (AvgIpc) is 3.07. The summed E-state index contributed by atoms with van der Waals surface area (Å²) in [5, 5.41) is 6.90. The van der Waals surface area contributed by atoms with Crippen LogP contribution in [0.3, 0.4) is 0 Å². The van der Waals surface area contributed by atoms with Gasteiger partial charge in [0.1, 0.15) is 0 Å². The highest BCUT2D eigenvalue weighted by atomic mass is 16.2. The quantitative estimate of drug-likeness (QED) is 0.796. The predicted octanol–water partition coefficient (Wildman–Crippen LogP) is 2.69. The zero-order chi connectivity index (χ0) is 17.5. The van der Waals surface area contributed by atoms with Crippen molar-refractivity contribution in [2.75, 3.05) is 11.9 Å². The number of hydrogen-bond donors (Lipinski definition) is 1. The number of nitrogens with one attached hydrogen (secondary N) is 1. The molecule has 0 fully saturated rings. The highest BCUT2D eigenvalue weighted by molar-refractivity contribution is 6.00. The van der Waals surface area contributed by atoms with Gasteiger partial charge < -0.3 is 10.2 Å². The molecule has 126 valence electrons. The Bertz CT molecular complexity index is 736. The van der Waals surface area contributed by atoms with Gasteiger partial charge in [-0.15, -0.1) is 0 Å². The number of carbonyl (C=O) groups excluding carboxylic acids is 2. The SMILES string of the molecule is C=CC(=O)Nc1cccc(C(=O)N(CC)Cc2cnn(CC)c2)c1. The molecule has 2 rings (SSSR count). The second-order valence-corrected chi connectivity index (χ2v) is 5.30. The molecule has 0 aliphatic heterocycles. The van der Waals surface area contributed by atoms with E-state index in [-0.39, 0.29) is 11.8 Å². The summed E-state index contributed by atoms with van der Waals surface area (Å²) in [6, 6.07) is 6.89. The van der Waals surface area contributed by atoms with Crippen molar-refractivity contribution in [2.24, 2.45) is 0 Å². The van der Waals surface area contributed by atoms with Gasteiger partial charge in [-0.05, 0) is 38.1 Å². The van der Waals surface area contributed by atoms with E-state index in [1.165, 1.54) is 6.08 Å². The van der Waals surface area contributed by atoms with Crippen LogP contribution in [0.5, 0.6) is 0 Å². The molecule has 0 aliphatic rings. The van der Waals surface area contributed by atoms with Crippen LogP contribution in [0.15, 0.2) is 49.3 Å². The monoisotopic (exact) mass is 326 g/mol. The van der Waals surface area contributed by atoms with Crippen molar-refractivity contribution in [3.8, 4) is 0 Å². The zero-order valence-corrected chi connectivity index (χ0v) is 14.0. The molecule has 0 atom stereocenters. The van der Waals surface area contributed by atoms with Crippen LogP contribution in [0.25, 0.3) is 0 Å². The number of carbonyl (C=O) groups is 2. The van der Waals surface area contributed by atoms with E-state index in [9.17, 15) is 9.59 Å². The summed E-state index contributed by atoms with van der Waals surface area (Å²) in [6.45, 7) is 9.25. The number of hydrogen-bond acceptors (Lipinski definition) is 3. The third kappa shape index (κ3) is 4.32. The molecule has 0 saturated carbocycles. The fourth-order valence-corrected chi connectivity index (χ4v) is 2.31. The molecule has 24 heavy (non-hydrogen) atoms. The summed E-state index contributed by atoms with van der Waals surface area (Å²) in [5.74, 6) is -0.393. The van der Waals surface area contributed by atoms with Gasteiger partial charge in [0.15, 0.2) is 0 Å². The Hall–Kier alpha value is -2.89. The third-order valence-corrected chi connectivity index (χ3v) is 3.62. The maximum Gasteiger partial charge on any atom is 0.254 e. The lowest BCUT2D eigenvalue weighted by molar-refractivity contribution is -0.111. The van der Waals surface area contributed by atoms with Gasteiger partial charge >= 0.3 is 0 Å². The number of anilines is 1. The van der Waals surface area contributed by atoms with Crippen LogP contribution in [0.2, 0.25) is 0 Å². The lowest BCUT2D eigenvalue weighted by Gasteiger charge is -2.20. The Morgan fingerprint density at radius 1 is 1.38 bits per heavy atom. The Morgan fingerprint density at radius 2 is 2.17 bits per heavy atom. The molecule has 1 aromatic heterocycles. The highest BCUT2D eigenvalue weighted by Gasteiger charge is 2.16. The Morgan fingerprint density at radius 3 is 2.79 bits per heavy atom. The molecule has 6 nitrogen and oxygen atoms in total. The number of aromatic nitrogens is 2. The summed E-state index contributed by atoms with van der Waals surface area (Å²) in [7, 11) is 0. The molecule has 0 saturated heterocycles. The first kappa shape index (κ1) is 17.5. The van der Waals surface area contributed by atoms with Crippen molar-refractivity contribution in [1.82, 2.24) is 14.7 Å². The number of benzene rings is 1. The van der Waals surface area contributed by atoms with Gasteiger partial charge in [-0.1, -0.05) is 12.6 Å². The van der Waals surface area contributed by atoms with Crippen molar-refractivity contribution < 1.29 is 9.59 Å². The zero-order valence-electron chi connectivity index (χ0n) is 14.0. The van der Waals surface area contributed by atoms with E-state index in [0.29, 0.717) is 24.3 Å². The summed E-state index contributed by atoms with van der Waals surface area (Å²) >= 11 is 0. The van der Waals surface area contributed by atoms with Crippen molar-refractivity contribution in [1.29, 1.82) is 0 Å². The van der Waals surface area contributed by atoms with E-state index in [2.05, 4.69) is 17.0 Å². The van der Waals surface area contributed by atoms with Gasteiger partial charge in [-0.3, -0.25) is 14.3 Å². The normalized spacial score (nSPS) is 10.2. The average molecular weight is 326 g/mol. The first-order chi connectivity index (χ1) is 11.6. The van der Waals surface area contributed by atoms with Crippen LogP contribution in [-0.4, -0.2) is 33.0 Å². The fourth-order valence-electron chi connectivity index (χ4n) is 2.31. The molecule has 1 aromatic carbocycles. The van der Waals surface area contributed by atoms with Gasteiger partial charge in [-0.2, -0.15) is 5.10 Å². The Labute approximate surface area is 141 Å². The Kier molecular flexibility index (Phi) is 5.89. The molecular formula is C18H22N4O2. The largest absolute Gasteiger partial charge is 0.334 e. The first-order valence-electron chi connectivity index (χ1n) is 7.91. The molecule has 0 aliphatic carbocycles. The lowest BCUT2D eigenvalue weighted by atomic mass is 10.1. The lowest BCUT2D eigenvalue weighted by Crippen LogP contribution is -2.30. The van der Waals surface area contributed by atoms with Gasteiger partial charge in [0.2, 0.25) is 5.91 Å². The van der Waals surface area contributed by atoms with E-state index >= 15 is 0 Å². The second-order valence-electron chi connectivity index (χ2n) is 5.30. The molecule has 0 unspecified atom stereocenters. The standard InChI is InChI=1S/C18H22N4O2/c1-4-17(23)20-16-9-7-8-15(10-16)18(24)21(5-2)12-14-11-19-22(6-3)13-14/h4,7-11,13H,1,5-6,12H2,2-3H3,(H,20,23). The summed E-state index contributed by atoms with van der Waals surface area (Å²) < 4.78 is 1.83.